The fraction of sp³-hybridized carbons (Fsp3) is 0.250. The van der Waals surface area contributed by atoms with Gasteiger partial charge in [0.2, 0.25) is 0 Å². The molecule has 5 heteroatoms. The molecular formula is C16H14Br2Cl2O. The molecular weight excluding hydrogens is 439 g/mol. The number of rotatable bonds is 3. The summed E-state index contributed by atoms with van der Waals surface area (Å²) in [7, 11) is 1.66. The molecule has 0 spiro atoms. The minimum atomic E-state index is -0.342. The van der Waals surface area contributed by atoms with Crippen LogP contribution in [0.1, 0.15) is 27.6 Å². The van der Waals surface area contributed by atoms with Gasteiger partial charge in [-0.05, 0) is 54.8 Å². The van der Waals surface area contributed by atoms with Gasteiger partial charge >= 0.3 is 0 Å². The van der Waals surface area contributed by atoms with Crippen molar-refractivity contribution in [2.75, 3.05) is 7.11 Å². The van der Waals surface area contributed by atoms with Crippen LogP contribution in [-0.2, 0) is 0 Å². The van der Waals surface area contributed by atoms with E-state index in [0.717, 1.165) is 36.9 Å². The Bertz CT molecular complexity index is 666. The molecule has 0 aliphatic rings. The Labute approximate surface area is 151 Å². The van der Waals surface area contributed by atoms with Crippen molar-refractivity contribution < 1.29 is 4.74 Å². The van der Waals surface area contributed by atoms with Gasteiger partial charge in [-0.15, -0.1) is 11.6 Å². The van der Waals surface area contributed by atoms with Crippen LogP contribution in [0.15, 0.2) is 33.2 Å². The van der Waals surface area contributed by atoms with Gasteiger partial charge in [0.15, 0.2) is 0 Å². The fourth-order valence-corrected chi connectivity index (χ4v) is 4.17. The lowest BCUT2D eigenvalue weighted by molar-refractivity contribution is 0.406. The first-order valence-electron chi connectivity index (χ1n) is 6.28. The molecule has 2 aromatic carbocycles. The number of alkyl halides is 1. The minimum absolute atomic E-state index is 0.342. The normalized spacial score (nSPS) is 12.3. The van der Waals surface area contributed by atoms with E-state index in [1.807, 2.05) is 38.1 Å². The maximum atomic E-state index is 6.73. The zero-order valence-corrected chi connectivity index (χ0v) is 16.5. The first-order valence-corrected chi connectivity index (χ1v) is 8.68. The topological polar surface area (TPSA) is 9.23 Å². The van der Waals surface area contributed by atoms with E-state index in [1.165, 1.54) is 0 Å². The van der Waals surface area contributed by atoms with E-state index in [1.54, 1.807) is 7.11 Å². The third-order valence-electron chi connectivity index (χ3n) is 3.34. The number of ether oxygens (including phenoxy) is 1. The van der Waals surface area contributed by atoms with Crippen LogP contribution in [0.2, 0.25) is 5.02 Å². The van der Waals surface area contributed by atoms with Gasteiger partial charge in [-0.1, -0.05) is 43.5 Å². The minimum Gasteiger partial charge on any atom is -0.496 e. The molecule has 0 fully saturated rings. The van der Waals surface area contributed by atoms with Crippen molar-refractivity contribution in [2.45, 2.75) is 19.2 Å². The molecule has 0 bridgehead atoms. The smallest absolute Gasteiger partial charge is 0.127 e. The summed E-state index contributed by atoms with van der Waals surface area (Å²) in [5, 5.41) is 0.305. The van der Waals surface area contributed by atoms with E-state index < -0.39 is 0 Å². The molecule has 0 saturated carbocycles. The Hall–Kier alpha value is -0.220. The Morgan fingerprint density at radius 2 is 1.76 bits per heavy atom. The highest BCUT2D eigenvalue weighted by molar-refractivity contribution is 9.10. The second-order valence-electron chi connectivity index (χ2n) is 4.81. The summed E-state index contributed by atoms with van der Waals surface area (Å²) < 4.78 is 7.48. The molecule has 0 aliphatic carbocycles. The van der Waals surface area contributed by atoms with Gasteiger partial charge in [0.1, 0.15) is 5.75 Å². The first kappa shape index (κ1) is 17.1. The maximum Gasteiger partial charge on any atom is 0.127 e. The monoisotopic (exact) mass is 450 g/mol. The van der Waals surface area contributed by atoms with Crippen molar-refractivity contribution >= 4 is 55.1 Å². The predicted octanol–water partition coefficient (Wildman–Crippen LogP) is 6.82. The Morgan fingerprint density at radius 3 is 2.33 bits per heavy atom. The standard InChI is InChI=1S/C16H14Br2Cl2O/c1-8-4-13(18)9(2)14(16(8)21-3)15(20)10-5-11(17)7-12(19)6-10/h4-7,15H,1-3H3. The van der Waals surface area contributed by atoms with Crippen LogP contribution in [0.5, 0.6) is 5.75 Å². The van der Waals surface area contributed by atoms with Crippen LogP contribution >= 0.6 is 55.1 Å². The summed E-state index contributed by atoms with van der Waals surface area (Å²) in [5.74, 6) is 0.812. The molecule has 0 radical (unpaired) electrons. The summed E-state index contributed by atoms with van der Waals surface area (Å²) in [6.07, 6.45) is 0. The molecule has 112 valence electrons. The van der Waals surface area contributed by atoms with Gasteiger partial charge in [-0.25, -0.2) is 0 Å². The fourth-order valence-electron chi connectivity index (χ4n) is 2.34. The number of hydrogen-bond acceptors (Lipinski definition) is 1. The summed E-state index contributed by atoms with van der Waals surface area (Å²) >= 11 is 19.9. The molecule has 2 aromatic rings. The van der Waals surface area contributed by atoms with E-state index in [9.17, 15) is 0 Å². The van der Waals surface area contributed by atoms with Crippen LogP contribution in [-0.4, -0.2) is 7.11 Å². The molecule has 0 heterocycles. The van der Waals surface area contributed by atoms with Crippen molar-refractivity contribution in [3.63, 3.8) is 0 Å². The molecule has 0 aliphatic heterocycles. The average Bonchev–Trinajstić information content (AvgIpc) is 2.40. The van der Waals surface area contributed by atoms with Gasteiger partial charge in [-0.2, -0.15) is 0 Å². The van der Waals surface area contributed by atoms with Crippen LogP contribution in [0.25, 0.3) is 0 Å². The lowest BCUT2D eigenvalue weighted by Gasteiger charge is -2.20. The Morgan fingerprint density at radius 1 is 1.10 bits per heavy atom. The number of hydrogen-bond donors (Lipinski definition) is 0. The second kappa shape index (κ2) is 6.91. The van der Waals surface area contributed by atoms with Crippen LogP contribution in [0, 0.1) is 13.8 Å². The zero-order chi connectivity index (χ0) is 15.7. The van der Waals surface area contributed by atoms with Gasteiger partial charge < -0.3 is 4.74 Å². The highest BCUT2D eigenvalue weighted by Crippen LogP contribution is 2.42. The predicted molar refractivity (Wildman–Crippen MR) is 97.0 cm³/mol. The number of aryl methyl sites for hydroxylation is 1. The molecule has 1 nitrogen and oxygen atoms in total. The van der Waals surface area contributed by atoms with E-state index in [-0.39, 0.29) is 5.38 Å². The highest BCUT2D eigenvalue weighted by atomic mass is 79.9. The largest absolute Gasteiger partial charge is 0.496 e. The Kier molecular flexibility index (Phi) is 5.64. The van der Waals surface area contributed by atoms with E-state index in [2.05, 4.69) is 31.9 Å². The number of methoxy groups -OCH3 is 1. The van der Waals surface area contributed by atoms with Crippen LogP contribution < -0.4 is 4.74 Å². The summed E-state index contributed by atoms with van der Waals surface area (Å²) in [5.41, 5.74) is 3.99. The number of benzene rings is 2. The second-order valence-corrected chi connectivity index (χ2v) is 7.46. The Balaban J connectivity index is 2.64. The quantitative estimate of drug-likeness (QED) is 0.464. The van der Waals surface area contributed by atoms with E-state index in [4.69, 9.17) is 27.9 Å². The van der Waals surface area contributed by atoms with Crippen molar-refractivity contribution in [1.29, 1.82) is 0 Å². The summed E-state index contributed by atoms with van der Waals surface area (Å²) in [6, 6.07) is 7.72. The summed E-state index contributed by atoms with van der Waals surface area (Å²) in [4.78, 5) is 0. The van der Waals surface area contributed by atoms with Gasteiger partial charge in [0, 0.05) is 19.5 Å². The molecule has 1 atom stereocenters. The molecule has 0 amide bonds. The first-order chi connectivity index (χ1) is 9.85. The van der Waals surface area contributed by atoms with Gasteiger partial charge in [-0.3, -0.25) is 0 Å². The van der Waals surface area contributed by atoms with Crippen molar-refractivity contribution in [1.82, 2.24) is 0 Å². The SMILES string of the molecule is COc1c(C)cc(Br)c(C)c1C(Cl)c1cc(Cl)cc(Br)c1. The van der Waals surface area contributed by atoms with Crippen molar-refractivity contribution in [2.24, 2.45) is 0 Å². The van der Waals surface area contributed by atoms with Crippen molar-refractivity contribution in [3.05, 3.63) is 60.5 Å². The van der Waals surface area contributed by atoms with Crippen LogP contribution in [0.3, 0.4) is 0 Å². The average molecular weight is 453 g/mol. The molecule has 21 heavy (non-hydrogen) atoms. The molecule has 2 rings (SSSR count). The zero-order valence-electron chi connectivity index (χ0n) is 11.8. The van der Waals surface area contributed by atoms with Gasteiger partial charge in [0.05, 0.1) is 12.5 Å². The maximum absolute atomic E-state index is 6.73. The van der Waals surface area contributed by atoms with E-state index in [0.29, 0.717) is 5.02 Å². The highest BCUT2D eigenvalue weighted by Gasteiger charge is 2.22. The van der Waals surface area contributed by atoms with E-state index >= 15 is 0 Å². The molecule has 0 N–H and O–H groups in total. The molecule has 1 unspecified atom stereocenters. The summed E-state index contributed by atoms with van der Waals surface area (Å²) in [6.45, 7) is 4.03. The lowest BCUT2D eigenvalue weighted by atomic mass is 9.96. The molecule has 0 aromatic heterocycles. The third kappa shape index (κ3) is 3.58. The van der Waals surface area contributed by atoms with Crippen molar-refractivity contribution in [3.8, 4) is 5.75 Å². The third-order valence-corrected chi connectivity index (χ3v) is 5.31. The number of halogens is 4. The molecule has 0 saturated heterocycles. The lowest BCUT2D eigenvalue weighted by Crippen LogP contribution is -2.03. The van der Waals surface area contributed by atoms with Crippen LogP contribution in [0.4, 0.5) is 0 Å². The van der Waals surface area contributed by atoms with Gasteiger partial charge in [0.25, 0.3) is 0 Å².